The van der Waals surface area contributed by atoms with Gasteiger partial charge in [0.25, 0.3) is 10.1 Å². The monoisotopic (exact) mass is 279 g/mol. The van der Waals surface area contributed by atoms with Gasteiger partial charge in [-0.2, -0.15) is 8.42 Å². The van der Waals surface area contributed by atoms with E-state index in [-0.39, 0.29) is 12.2 Å². The van der Waals surface area contributed by atoms with E-state index in [0.717, 1.165) is 0 Å². The van der Waals surface area contributed by atoms with E-state index < -0.39 is 10.1 Å². The zero-order valence-electron chi connectivity index (χ0n) is 10.7. The van der Waals surface area contributed by atoms with Gasteiger partial charge in [-0.25, -0.2) is 0 Å². The van der Waals surface area contributed by atoms with E-state index in [1.54, 1.807) is 24.4 Å². The van der Waals surface area contributed by atoms with Crippen molar-refractivity contribution < 1.29 is 13.0 Å². The molecule has 0 amide bonds. The normalized spacial score (nSPS) is 10.4. The predicted molar refractivity (Wildman–Crippen MR) is 75.5 cm³/mol. The van der Waals surface area contributed by atoms with Gasteiger partial charge in [0.1, 0.15) is 0 Å². The lowest BCUT2D eigenvalue weighted by molar-refractivity contribution is 0.482. The Morgan fingerprint density at radius 3 is 2.11 bits per heavy atom. The fraction of sp³-hybridized carbons (Fsp3) is 0.214. The summed E-state index contributed by atoms with van der Waals surface area (Å²) >= 11 is 0. The fourth-order valence-corrected chi connectivity index (χ4v) is 1.78. The van der Waals surface area contributed by atoms with Crippen LogP contribution in [0.25, 0.3) is 0 Å². The third-order valence-corrected chi connectivity index (χ3v) is 3.00. The second kappa shape index (κ2) is 7.66. The Morgan fingerprint density at radius 1 is 1.05 bits per heavy atom. The van der Waals surface area contributed by atoms with E-state index in [0.29, 0.717) is 5.69 Å². The minimum Gasteiger partial charge on any atom is -0.286 e. The van der Waals surface area contributed by atoms with Crippen molar-refractivity contribution in [2.24, 2.45) is 0 Å². The molecule has 0 unspecified atom stereocenters. The summed E-state index contributed by atoms with van der Waals surface area (Å²) in [6, 6.07) is 15.5. The van der Waals surface area contributed by atoms with Gasteiger partial charge in [0.15, 0.2) is 0 Å². The molecular weight excluding hydrogens is 262 g/mol. The van der Waals surface area contributed by atoms with Crippen LogP contribution in [0, 0.1) is 6.92 Å². The quantitative estimate of drug-likeness (QED) is 0.877. The second-order valence-corrected chi connectivity index (χ2v) is 5.58. The average Bonchev–Trinajstić information content (AvgIpc) is 2.39. The largest absolute Gasteiger partial charge is 0.286 e. The number of pyridine rings is 1. The Bertz CT molecular complexity index is 568. The molecule has 1 N–H and O–H groups in total. The molecule has 0 saturated carbocycles. The first kappa shape index (κ1) is 15.3. The van der Waals surface area contributed by atoms with Crippen molar-refractivity contribution in [2.45, 2.75) is 13.3 Å². The molecule has 0 fully saturated rings. The Morgan fingerprint density at radius 2 is 1.68 bits per heavy atom. The Hall–Kier alpha value is -1.72. The molecule has 1 aromatic carbocycles. The molecule has 102 valence electrons. The number of aromatic nitrogens is 1. The topological polar surface area (TPSA) is 67.3 Å². The van der Waals surface area contributed by atoms with Crippen LogP contribution in [0.15, 0.2) is 54.7 Å². The maximum Gasteiger partial charge on any atom is 0.265 e. The highest BCUT2D eigenvalue weighted by Crippen LogP contribution is 1.96. The maximum absolute atomic E-state index is 10.3. The highest BCUT2D eigenvalue weighted by atomic mass is 32.2. The van der Waals surface area contributed by atoms with Gasteiger partial charge < -0.3 is 0 Å². The van der Waals surface area contributed by atoms with Crippen LogP contribution in [0.1, 0.15) is 11.3 Å². The molecule has 0 radical (unpaired) electrons. The summed E-state index contributed by atoms with van der Waals surface area (Å²) in [4.78, 5) is 3.91. The zero-order chi connectivity index (χ0) is 14.1. The van der Waals surface area contributed by atoms with Crippen LogP contribution in [-0.2, 0) is 16.5 Å². The number of aryl methyl sites for hydroxylation is 2. The highest BCUT2D eigenvalue weighted by Gasteiger charge is 2.04. The average molecular weight is 279 g/mol. The van der Waals surface area contributed by atoms with Crippen LogP contribution in [0.3, 0.4) is 0 Å². The lowest BCUT2D eigenvalue weighted by atomic mass is 10.2. The number of nitrogens with zero attached hydrogens (tertiary/aromatic N) is 1. The minimum absolute atomic E-state index is 0.250. The summed E-state index contributed by atoms with van der Waals surface area (Å²) in [5.41, 5.74) is 1.98. The molecule has 2 rings (SSSR count). The summed E-state index contributed by atoms with van der Waals surface area (Å²) in [6.07, 6.45) is 1.83. The van der Waals surface area contributed by atoms with Gasteiger partial charge in [-0.15, -0.1) is 0 Å². The summed E-state index contributed by atoms with van der Waals surface area (Å²) < 4.78 is 29.1. The third kappa shape index (κ3) is 8.07. The smallest absolute Gasteiger partial charge is 0.265 e. The summed E-state index contributed by atoms with van der Waals surface area (Å²) in [7, 11) is -3.86. The van der Waals surface area contributed by atoms with Crippen molar-refractivity contribution in [2.75, 3.05) is 5.75 Å². The lowest BCUT2D eigenvalue weighted by Gasteiger charge is -1.96. The molecule has 1 heterocycles. The molecule has 19 heavy (non-hydrogen) atoms. The first-order valence-corrected chi connectivity index (χ1v) is 7.45. The van der Waals surface area contributed by atoms with Crippen LogP contribution >= 0.6 is 0 Å². The molecule has 5 heteroatoms. The maximum atomic E-state index is 10.3. The van der Waals surface area contributed by atoms with Crippen molar-refractivity contribution in [1.29, 1.82) is 0 Å². The number of rotatable bonds is 3. The molecule has 0 atom stereocenters. The van der Waals surface area contributed by atoms with Crippen molar-refractivity contribution in [1.82, 2.24) is 4.98 Å². The molecule has 0 aliphatic heterocycles. The van der Waals surface area contributed by atoms with E-state index in [1.807, 2.05) is 18.2 Å². The van der Waals surface area contributed by atoms with Crippen LogP contribution in [0.2, 0.25) is 0 Å². The molecule has 1 aromatic heterocycles. The Balaban J connectivity index is 0.000000218. The third-order valence-electron chi connectivity index (χ3n) is 2.28. The summed E-state index contributed by atoms with van der Waals surface area (Å²) in [5.74, 6) is -0.274. The van der Waals surface area contributed by atoms with Gasteiger partial charge in [-0.1, -0.05) is 42.0 Å². The lowest BCUT2D eigenvalue weighted by Crippen LogP contribution is -2.07. The summed E-state index contributed by atoms with van der Waals surface area (Å²) in [5, 5.41) is 0. The van der Waals surface area contributed by atoms with Crippen LogP contribution in [0.4, 0.5) is 0 Å². The molecule has 2 aromatic rings. The molecule has 0 spiro atoms. The summed E-state index contributed by atoms with van der Waals surface area (Å²) in [6.45, 7) is 2.08. The molecule has 0 bridgehead atoms. The first-order chi connectivity index (χ1) is 8.97. The molecule has 0 saturated heterocycles. The van der Waals surface area contributed by atoms with Gasteiger partial charge in [0, 0.05) is 18.3 Å². The van der Waals surface area contributed by atoms with E-state index in [1.165, 1.54) is 5.56 Å². The van der Waals surface area contributed by atoms with Crippen LogP contribution in [-0.4, -0.2) is 23.7 Å². The van der Waals surface area contributed by atoms with Crippen molar-refractivity contribution in [3.05, 3.63) is 66.0 Å². The van der Waals surface area contributed by atoms with Gasteiger partial charge in [-0.3, -0.25) is 9.54 Å². The van der Waals surface area contributed by atoms with Gasteiger partial charge >= 0.3 is 0 Å². The number of hydrogen-bond donors (Lipinski definition) is 1. The van der Waals surface area contributed by atoms with Gasteiger partial charge in [-0.05, 0) is 19.1 Å². The Labute approximate surface area is 113 Å². The molecule has 0 aliphatic rings. The second-order valence-electron chi connectivity index (χ2n) is 4.01. The molecular formula is C14H17NO3S. The van der Waals surface area contributed by atoms with E-state index in [2.05, 4.69) is 24.0 Å². The molecule has 4 nitrogen and oxygen atoms in total. The van der Waals surface area contributed by atoms with E-state index in [9.17, 15) is 8.42 Å². The van der Waals surface area contributed by atoms with Crippen LogP contribution in [0.5, 0.6) is 0 Å². The number of hydrogen-bond acceptors (Lipinski definition) is 3. The minimum atomic E-state index is -3.86. The van der Waals surface area contributed by atoms with Gasteiger partial charge in [0.2, 0.25) is 0 Å². The highest BCUT2D eigenvalue weighted by molar-refractivity contribution is 7.85. The first-order valence-electron chi connectivity index (χ1n) is 5.84. The van der Waals surface area contributed by atoms with Crippen molar-refractivity contribution in [3.8, 4) is 0 Å². The predicted octanol–water partition coefficient (Wildman–Crippen LogP) is 2.51. The van der Waals surface area contributed by atoms with Gasteiger partial charge in [0.05, 0.1) is 5.75 Å². The Kier molecular flexibility index (Phi) is 6.18. The zero-order valence-corrected chi connectivity index (χ0v) is 11.5. The number of benzene rings is 1. The fourth-order valence-electron chi connectivity index (χ4n) is 1.31. The van der Waals surface area contributed by atoms with E-state index >= 15 is 0 Å². The SMILES string of the molecule is Cc1ccccc1.O=S(=O)(O)CCc1ccccn1. The van der Waals surface area contributed by atoms with Crippen molar-refractivity contribution in [3.63, 3.8) is 0 Å². The van der Waals surface area contributed by atoms with Crippen LogP contribution < -0.4 is 0 Å². The standard InChI is InChI=1S/C7H9NO3S.C7H8/c9-12(10,11)6-4-7-3-1-2-5-8-7;1-7-5-3-2-4-6-7/h1-3,5H,4,6H2,(H,9,10,11);2-6H,1H3. The molecule has 0 aliphatic carbocycles. The van der Waals surface area contributed by atoms with Crippen molar-refractivity contribution >= 4 is 10.1 Å². The van der Waals surface area contributed by atoms with E-state index in [4.69, 9.17) is 4.55 Å².